The van der Waals surface area contributed by atoms with Gasteiger partial charge in [-0.3, -0.25) is 4.79 Å². The van der Waals surface area contributed by atoms with Crippen LogP contribution in [0.2, 0.25) is 0 Å². The van der Waals surface area contributed by atoms with Crippen LogP contribution in [0.15, 0.2) is 36.9 Å². The number of amides is 1. The predicted octanol–water partition coefficient (Wildman–Crippen LogP) is 3.12. The number of rotatable bonds is 4. The highest BCUT2D eigenvalue weighted by atomic mass is 16.5. The van der Waals surface area contributed by atoms with E-state index in [0.717, 1.165) is 43.2 Å². The van der Waals surface area contributed by atoms with E-state index in [0.29, 0.717) is 6.61 Å². The van der Waals surface area contributed by atoms with E-state index in [9.17, 15) is 4.79 Å². The van der Waals surface area contributed by atoms with Crippen molar-refractivity contribution in [1.82, 2.24) is 4.90 Å². The van der Waals surface area contributed by atoms with Crippen LogP contribution in [0.4, 0.5) is 0 Å². The van der Waals surface area contributed by atoms with E-state index < -0.39 is 0 Å². The molecule has 0 bridgehead atoms. The fourth-order valence-corrected chi connectivity index (χ4v) is 2.24. The molecule has 0 aromatic heterocycles. The molecule has 2 rings (SSSR count). The van der Waals surface area contributed by atoms with Crippen LogP contribution in [-0.2, 0) is 0 Å². The van der Waals surface area contributed by atoms with E-state index in [2.05, 4.69) is 13.5 Å². The van der Waals surface area contributed by atoms with Gasteiger partial charge in [-0.15, -0.1) is 0 Å². The van der Waals surface area contributed by atoms with Gasteiger partial charge in [0.15, 0.2) is 0 Å². The Morgan fingerprint density at radius 3 is 2.58 bits per heavy atom. The van der Waals surface area contributed by atoms with Crippen molar-refractivity contribution in [3.05, 3.63) is 42.5 Å². The van der Waals surface area contributed by atoms with E-state index >= 15 is 0 Å². The quantitative estimate of drug-likeness (QED) is 0.777. The fraction of sp³-hybridized carbons (Fsp3) is 0.438. The fourth-order valence-electron chi connectivity index (χ4n) is 2.24. The van der Waals surface area contributed by atoms with Crippen LogP contribution in [0.5, 0.6) is 5.75 Å². The van der Waals surface area contributed by atoms with Gasteiger partial charge in [0.2, 0.25) is 0 Å². The van der Waals surface area contributed by atoms with Gasteiger partial charge in [0.05, 0.1) is 0 Å². The van der Waals surface area contributed by atoms with Crippen molar-refractivity contribution >= 4 is 5.91 Å². The van der Waals surface area contributed by atoms with Gasteiger partial charge in [0.25, 0.3) is 5.91 Å². The minimum atomic E-state index is 0.127. The molecule has 1 heterocycles. The number of piperidine rings is 1. The zero-order chi connectivity index (χ0) is 13.7. The smallest absolute Gasteiger partial charge is 0.253 e. The Hall–Kier alpha value is -1.77. The second kappa shape index (κ2) is 6.41. The van der Waals surface area contributed by atoms with E-state index in [1.807, 2.05) is 29.2 Å². The molecule has 0 spiro atoms. The van der Waals surface area contributed by atoms with Crippen LogP contribution in [-0.4, -0.2) is 30.5 Å². The van der Waals surface area contributed by atoms with Gasteiger partial charge < -0.3 is 9.64 Å². The Balaban J connectivity index is 1.97. The molecule has 3 nitrogen and oxygen atoms in total. The molecule has 1 saturated heterocycles. The van der Waals surface area contributed by atoms with Crippen molar-refractivity contribution in [3.63, 3.8) is 0 Å². The molecule has 0 unspecified atom stereocenters. The number of ether oxygens (including phenoxy) is 1. The summed E-state index contributed by atoms with van der Waals surface area (Å²) in [7, 11) is 0. The monoisotopic (exact) mass is 259 g/mol. The topological polar surface area (TPSA) is 29.5 Å². The summed E-state index contributed by atoms with van der Waals surface area (Å²) in [4.78, 5) is 14.2. The van der Waals surface area contributed by atoms with Gasteiger partial charge >= 0.3 is 0 Å². The second-order valence-corrected chi connectivity index (χ2v) is 5.10. The van der Waals surface area contributed by atoms with Gasteiger partial charge in [-0.1, -0.05) is 19.6 Å². The van der Waals surface area contributed by atoms with Gasteiger partial charge in [0, 0.05) is 18.7 Å². The van der Waals surface area contributed by atoms with E-state index in [1.165, 1.54) is 0 Å². The largest absolute Gasteiger partial charge is 0.490 e. The van der Waals surface area contributed by atoms with Crippen LogP contribution >= 0.6 is 0 Å². The van der Waals surface area contributed by atoms with Crippen molar-refractivity contribution in [2.75, 3.05) is 19.7 Å². The zero-order valence-electron chi connectivity index (χ0n) is 11.5. The van der Waals surface area contributed by atoms with Crippen molar-refractivity contribution < 1.29 is 9.53 Å². The molecule has 1 aromatic rings. The van der Waals surface area contributed by atoms with E-state index in [-0.39, 0.29) is 5.91 Å². The number of hydrogen-bond donors (Lipinski definition) is 0. The molecule has 0 N–H and O–H groups in total. The van der Waals surface area contributed by atoms with Crippen LogP contribution < -0.4 is 4.74 Å². The first-order chi connectivity index (χ1) is 9.20. The standard InChI is InChI=1S/C16H21NO2/c1-3-12-19-15-6-4-14(5-7-15)16(18)17-10-8-13(2)9-11-17/h3-7,13H,1,8-12H2,2H3. The number of nitrogens with zero attached hydrogens (tertiary/aromatic N) is 1. The summed E-state index contributed by atoms with van der Waals surface area (Å²) in [5.74, 6) is 1.63. The van der Waals surface area contributed by atoms with Crippen molar-refractivity contribution in [2.45, 2.75) is 19.8 Å². The van der Waals surface area contributed by atoms with Crippen LogP contribution in [0, 0.1) is 5.92 Å². The first kappa shape index (κ1) is 13.7. The maximum absolute atomic E-state index is 12.3. The number of carbonyl (C=O) groups excluding carboxylic acids is 1. The third-order valence-electron chi connectivity index (χ3n) is 3.54. The normalized spacial score (nSPS) is 16.2. The second-order valence-electron chi connectivity index (χ2n) is 5.10. The Kier molecular flexibility index (Phi) is 4.61. The molecule has 19 heavy (non-hydrogen) atoms. The molecule has 0 saturated carbocycles. The van der Waals surface area contributed by atoms with Gasteiger partial charge in [-0.2, -0.15) is 0 Å². The summed E-state index contributed by atoms with van der Waals surface area (Å²) in [5.41, 5.74) is 0.737. The van der Waals surface area contributed by atoms with Gasteiger partial charge in [-0.25, -0.2) is 0 Å². The summed E-state index contributed by atoms with van der Waals surface area (Å²) in [6.07, 6.45) is 3.91. The average molecular weight is 259 g/mol. The highest BCUT2D eigenvalue weighted by molar-refractivity contribution is 5.94. The number of carbonyl (C=O) groups is 1. The predicted molar refractivity (Wildman–Crippen MR) is 76.4 cm³/mol. The third-order valence-corrected chi connectivity index (χ3v) is 3.54. The lowest BCUT2D eigenvalue weighted by Crippen LogP contribution is -2.37. The Bertz CT molecular complexity index is 431. The van der Waals surface area contributed by atoms with Gasteiger partial charge in [-0.05, 0) is 43.0 Å². The lowest BCUT2D eigenvalue weighted by atomic mass is 9.98. The summed E-state index contributed by atoms with van der Waals surface area (Å²) in [6.45, 7) is 8.07. The molecular formula is C16H21NO2. The van der Waals surface area contributed by atoms with Crippen molar-refractivity contribution in [1.29, 1.82) is 0 Å². The van der Waals surface area contributed by atoms with Crippen molar-refractivity contribution in [3.8, 4) is 5.75 Å². The van der Waals surface area contributed by atoms with Crippen LogP contribution in [0.1, 0.15) is 30.1 Å². The lowest BCUT2D eigenvalue weighted by molar-refractivity contribution is 0.0697. The first-order valence-corrected chi connectivity index (χ1v) is 6.83. The van der Waals surface area contributed by atoms with Crippen LogP contribution in [0.25, 0.3) is 0 Å². The molecule has 0 aliphatic carbocycles. The molecule has 102 valence electrons. The molecule has 1 aromatic carbocycles. The van der Waals surface area contributed by atoms with E-state index in [1.54, 1.807) is 6.08 Å². The average Bonchev–Trinajstić information content (AvgIpc) is 2.46. The van der Waals surface area contributed by atoms with E-state index in [4.69, 9.17) is 4.74 Å². The maximum atomic E-state index is 12.3. The van der Waals surface area contributed by atoms with Crippen molar-refractivity contribution in [2.24, 2.45) is 5.92 Å². The number of benzene rings is 1. The molecule has 0 radical (unpaired) electrons. The Morgan fingerprint density at radius 1 is 1.37 bits per heavy atom. The third kappa shape index (κ3) is 3.60. The summed E-state index contributed by atoms with van der Waals surface area (Å²) in [6, 6.07) is 7.34. The molecule has 1 fully saturated rings. The number of hydrogen-bond acceptors (Lipinski definition) is 2. The molecule has 1 amide bonds. The minimum Gasteiger partial charge on any atom is -0.490 e. The molecular weight excluding hydrogens is 238 g/mol. The number of likely N-dealkylation sites (tertiary alicyclic amines) is 1. The summed E-state index contributed by atoms with van der Waals surface area (Å²) >= 11 is 0. The Morgan fingerprint density at radius 2 is 2.00 bits per heavy atom. The maximum Gasteiger partial charge on any atom is 0.253 e. The lowest BCUT2D eigenvalue weighted by Gasteiger charge is -2.30. The highest BCUT2D eigenvalue weighted by Crippen LogP contribution is 2.19. The SMILES string of the molecule is C=CCOc1ccc(C(=O)N2CCC(C)CC2)cc1. The zero-order valence-corrected chi connectivity index (χ0v) is 11.5. The van der Waals surface area contributed by atoms with Crippen LogP contribution in [0.3, 0.4) is 0 Å². The molecule has 3 heteroatoms. The molecule has 1 aliphatic heterocycles. The minimum absolute atomic E-state index is 0.127. The molecule has 1 aliphatic rings. The van der Waals surface area contributed by atoms with Gasteiger partial charge in [0.1, 0.15) is 12.4 Å². The summed E-state index contributed by atoms with van der Waals surface area (Å²) < 4.78 is 5.41. The summed E-state index contributed by atoms with van der Waals surface area (Å²) in [5, 5.41) is 0. The Labute approximate surface area is 114 Å². The highest BCUT2D eigenvalue weighted by Gasteiger charge is 2.21. The molecule has 0 atom stereocenters. The first-order valence-electron chi connectivity index (χ1n) is 6.83.